The summed E-state index contributed by atoms with van der Waals surface area (Å²) in [6.07, 6.45) is 4.58. The number of amides is 1. The summed E-state index contributed by atoms with van der Waals surface area (Å²) >= 11 is 0. The molecule has 1 fully saturated rings. The van der Waals surface area contributed by atoms with Crippen LogP contribution in [-0.2, 0) is 14.8 Å². The van der Waals surface area contributed by atoms with Crippen LogP contribution in [0.3, 0.4) is 0 Å². The first-order chi connectivity index (χ1) is 14.2. The lowest BCUT2D eigenvalue weighted by atomic mass is 10.0. The Morgan fingerprint density at radius 3 is 2.10 bits per heavy atom. The zero-order valence-corrected chi connectivity index (χ0v) is 18.5. The van der Waals surface area contributed by atoms with Gasteiger partial charge in [-0.15, -0.1) is 0 Å². The van der Waals surface area contributed by atoms with Crippen molar-refractivity contribution in [1.29, 1.82) is 0 Å². The van der Waals surface area contributed by atoms with Crippen LogP contribution in [0.15, 0.2) is 54.6 Å². The number of sulfonamides is 1. The molecule has 2 aromatic carbocycles. The number of carbonyl (C=O) groups is 1. The monoisotopic (exact) mass is 427 g/mol. The molecule has 0 aliphatic carbocycles. The second-order valence-electron chi connectivity index (χ2n) is 7.84. The Bertz CT molecular complexity index is 989. The Labute approximate surface area is 179 Å². The van der Waals surface area contributed by atoms with Gasteiger partial charge >= 0.3 is 0 Å². The van der Waals surface area contributed by atoms with Crippen LogP contribution in [0.1, 0.15) is 30.9 Å². The number of nitrogens with zero attached hydrogens (tertiary/aromatic N) is 2. The topological polar surface area (TPSA) is 69.7 Å². The SMILES string of the molecule is CC(C)c1ccc(/C=C\C(=O)Nc2ccc(N3CCN(S(C)(=O)=O)CC3)cc2)cc1. The van der Waals surface area contributed by atoms with Crippen LogP contribution in [-0.4, -0.2) is 51.1 Å². The Balaban J connectivity index is 1.53. The third-order valence-electron chi connectivity index (χ3n) is 5.24. The molecule has 30 heavy (non-hydrogen) atoms. The number of anilines is 2. The molecule has 2 aromatic rings. The Morgan fingerprint density at radius 1 is 0.967 bits per heavy atom. The number of nitrogens with one attached hydrogen (secondary N) is 1. The molecule has 0 saturated carbocycles. The van der Waals surface area contributed by atoms with E-state index in [0.717, 1.165) is 16.9 Å². The maximum Gasteiger partial charge on any atom is 0.248 e. The average molecular weight is 428 g/mol. The summed E-state index contributed by atoms with van der Waals surface area (Å²) in [4.78, 5) is 14.4. The highest BCUT2D eigenvalue weighted by atomic mass is 32.2. The molecule has 1 N–H and O–H groups in total. The number of benzene rings is 2. The van der Waals surface area contributed by atoms with E-state index in [9.17, 15) is 13.2 Å². The van der Waals surface area contributed by atoms with Gasteiger partial charge in [0.25, 0.3) is 0 Å². The van der Waals surface area contributed by atoms with Gasteiger partial charge in [0.15, 0.2) is 0 Å². The second-order valence-corrected chi connectivity index (χ2v) is 9.82. The van der Waals surface area contributed by atoms with E-state index in [1.165, 1.54) is 22.2 Å². The molecule has 1 saturated heterocycles. The van der Waals surface area contributed by atoms with E-state index >= 15 is 0 Å². The highest BCUT2D eigenvalue weighted by molar-refractivity contribution is 7.88. The highest BCUT2D eigenvalue weighted by Gasteiger charge is 2.23. The van der Waals surface area contributed by atoms with Crippen molar-refractivity contribution < 1.29 is 13.2 Å². The molecule has 0 atom stereocenters. The van der Waals surface area contributed by atoms with Gasteiger partial charge in [-0.05, 0) is 47.4 Å². The van der Waals surface area contributed by atoms with Gasteiger partial charge in [-0.1, -0.05) is 38.1 Å². The van der Waals surface area contributed by atoms with E-state index < -0.39 is 10.0 Å². The molecule has 1 aliphatic rings. The smallest absolute Gasteiger partial charge is 0.248 e. The van der Waals surface area contributed by atoms with Crippen molar-refractivity contribution in [2.75, 3.05) is 42.7 Å². The Morgan fingerprint density at radius 2 is 1.57 bits per heavy atom. The molecule has 3 rings (SSSR count). The van der Waals surface area contributed by atoms with Crippen molar-refractivity contribution in [3.8, 4) is 0 Å². The normalized spacial score (nSPS) is 15.7. The highest BCUT2D eigenvalue weighted by Crippen LogP contribution is 2.20. The molecule has 1 heterocycles. The molecular weight excluding hydrogens is 398 g/mol. The fraction of sp³-hybridized carbons (Fsp3) is 0.348. The van der Waals surface area contributed by atoms with Gasteiger partial charge < -0.3 is 10.2 Å². The van der Waals surface area contributed by atoms with Gasteiger partial charge in [0.1, 0.15) is 0 Å². The molecule has 0 bridgehead atoms. The summed E-state index contributed by atoms with van der Waals surface area (Å²) < 4.78 is 24.7. The van der Waals surface area contributed by atoms with Crippen molar-refractivity contribution in [1.82, 2.24) is 4.31 Å². The molecule has 0 radical (unpaired) electrons. The lowest BCUT2D eigenvalue weighted by molar-refractivity contribution is -0.111. The van der Waals surface area contributed by atoms with Crippen LogP contribution in [0.5, 0.6) is 0 Å². The minimum Gasteiger partial charge on any atom is -0.369 e. The van der Waals surface area contributed by atoms with Gasteiger partial charge in [0.2, 0.25) is 15.9 Å². The Kier molecular flexibility index (Phi) is 6.95. The van der Waals surface area contributed by atoms with Crippen LogP contribution in [0.25, 0.3) is 6.08 Å². The maximum absolute atomic E-state index is 12.2. The summed E-state index contributed by atoms with van der Waals surface area (Å²) in [6, 6.07) is 15.8. The fourth-order valence-corrected chi connectivity index (χ4v) is 4.21. The standard InChI is InChI=1S/C23H29N3O3S/c1-18(2)20-7-4-19(5-8-20)6-13-23(27)24-21-9-11-22(12-10-21)25-14-16-26(17-15-25)30(3,28)29/h4-13,18H,14-17H2,1-3H3,(H,24,27)/b13-6-. The number of hydrogen-bond acceptors (Lipinski definition) is 4. The van der Waals surface area contributed by atoms with E-state index in [2.05, 4.69) is 36.2 Å². The number of carbonyl (C=O) groups excluding carboxylic acids is 1. The summed E-state index contributed by atoms with van der Waals surface area (Å²) in [5.41, 5.74) is 3.99. The average Bonchev–Trinajstić information content (AvgIpc) is 2.72. The number of rotatable bonds is 6. The predicted octanol–water partition coefficient (Wildman–Crippen LogP) is 3.54. The lowest BCUT2D eigenvalue weighted by Crippen LogP contribution is -2.48. The third-order valence-corrected chi connectivity index (χ3v) is 6.54. The molecule has 1 aliphatic heterocycles. The van der Waals surface area contributed by atoms with Gasteiger partial charge in [-0.25, -0.2) is 8.42 Å². The van der Waals surface area contributed by atoms with Crippen molar-refractivity contribution in [3.63, 3.8) is 0 Å². The third kappa shape index (κ3) is 5.93. The van der Waals surface area contributed by atoms with E-state index in [1.807, 2.05) is 36.4 Å². The van der Waals surface area contributed by atoms with Crippen LogP contribution >= 0.6 is 0 Å². The van der Waals surface area contributed by atoms with E-state index in [4.69, 9.17) is 0 Å². The Hall–Kier alpha value is -2.64. The summed E-state index contributed by atoms with van der Waals surface area (Å²) in [5, 5.41) is 2.87. The first-order valence-corrected chi connectivity index (χ1v) is 12.0. The van der Waals surface area contributed by atoms with Gasteiger partial charge in [0.05, 0.1) is 6.26 Å². The summed E-state index contributed by atoms with van der Waals surface area (Å²) in [6.45, 7) is 6.58. The van der Waals surface area contributed by atoms with E-state index in [-0.39, 0.29) is 5.91 Å². The number of hydrogen-bond donors (Lipinski definition) is 1. The van der Waals surface area contributed by atoms with Crippen molar-refractivity contribution in [2.24, 2.45) is 0 Å². The first kappa shape index (κ1) is 22.1. The summed E-state index contributed by atoms with van der Waals surface area (Å²) in [7, 11) is -3.13. The fourth-order valence-electron chi connectivity index (χ4n) is 3.38. The van der Waals surface area contributed by atoms with Crippen LogP contribution in [0, 0.1) is 0 Å². The van der Waals surface area contributed by atoms with Crippen molar-refractivity contribution in [3.05, 3.63) is 65.7 Å². The maximum atomic E-state index is 12.2. The molecule has 1 amide bonds. The largest absolute Gasteiger partial charge is 0.369 e. The molecule has 0 spiro atoms. The summed E-state index contributed by atoms with van der Waals surface area (Å²) in [5.74, 6) is 0.301. The van der Waals surface area contributed by atoms with E-state index in [1.54, 1.807) is 6.08 Å². The second kappa shape index (κ2) is 9.45. The van der Waals surface area contributed by atoms with Crippen LogP contribution in [0.4, 0.5) is 11.4 Å². The van der Waals surface area contributed by atoms with Crippen molar-refractivity contribution >= 4 is 33.4 Å². The molecule has 7 heteroatoms. The van der Waals surface area contributed by atoms with Crippen LogP contribution < -0.4 is 10.2 Å². The predicted molar refractivity (Wildman–Crippen MR) is 123 cm³/mol. The molecule has 6 nitrogen and oxygen atoms in total. The van der Waals surface area contributed by atoms with Gasteiger partial charge in [-0.2, -0.15) is 4.31 Å². The molecular formula is C23H29N3O3S. The first-order valence-electron chi connectivity index (χ1n) is 10.1. The minimum atomic E-state index is -3.13. The lowest BCUT2D eigenvalue weighted by Gasteiger charge is -2.34. The van der Waals surface area contributed by atoms with Gasteiger partial charge in [0, 0.05) is 43.6 Å². The quantitative estimate of drug-likeness (QED) is 0.716. The zero-order valence-electron chi connectivity index (χ0n) is 17.7. The number of piperazine rings is 1. The van der Waals surface area contributed by atoms with E-state index in [0.29, 0.717) is 32.1 Å². The molecule has 0 aromatic heterocycles. The van der Waals surface area contributed by atoms with Gasteiger partial charge in [-0.3, -0.25) is 4.79 Å². The minimum absolute atomic E-state index is 0.183. The zero-order chi connectivity index (χ0) is 21.7. The van der Waals surface area contributed by atoms with Crippen molar-refractivity contribution in [2.45, 2.75) is 19.8 Å². The molecule has 0 unspecified atom stereocenters. The molecule has 160 valence electrons. The van der Waals surface area contributed by atoms with Crippen LogP contribution in [0.2, 0.25) is 0 Å².